The highest BCUT2D eigenvalue weighted by molar-refractivity contribution is 6.33. The third kappa shape index (κ3) is 2.91. The SMILES string of the molecule is COC(=O)c1nc(-c2ccc(Cl)c([NH2+]O)c2)ccc1Cl. The van der Waals surface area contributed by atoms with Gasteiger partial charge in [0, 0.05) is 11.6 Å². The number of carbonyl (C=O) groups is 1. The standard InChI is InChI=1S/C13H10Cl2N2O3/c1-20-13(18)12-9(15)4-5-10(16-12)7-2-3-8(14)11(6-7)17-19/h2-6,17,19H,1H3/p+1. The first kappa shape index (κ1) is 14.7. The van der Waals surface area contributed by atoms with Crippen LogP contribution >= 0.6 is 23.2 Å². The fourth-order valence-electron chi connectivity index (χ4n) is 1.64. The predicted octanol–water partition coefficient (Wildman–Crippen LogP) is 2.43. The molecule has 0 aliphatic carbocycles. The van der Waals surface area contributed by atoms with Crippen LogP contribution in [0.5, 0.6) is 0 Å². The third-order valence-corrected chi connectivity index (χ3v) is 3.30. The first-order valence-electron chi connectivity index (χ1n) is 5.59. The molecule has 7 heteroatoms. The van der Waals surface area contributed by atoms with E-state index in [2.05, 4.69) is 9.72 Å². The van der Waals surface area contributed by atoms with Gasteiger partial charge in [0.1, 0.15) is 5.02 Å². The lowest BCUT2D eigenvalue weighted by Gasteiger charge is -2.06. The van der Waals surface area contributed by atoms with Crippen molar-refractivity contribution in [3.63, 3.8) is 0 Å². The fraction of sp³-hybridized carbons (Fsp3) is 0.0769. The number of nitrogens with two attached hydrogens (primary N) is 1. The number of halogens is 2. The Morgan fingerprint density at radius 1 is 1.25 bits per heavy atom. The molecule has 0 bridgehead atoms. The van der Waals surface area contributed by atoms with Crippen molar-refractivity contribution in [3.05, 3.63) is 46.1 Å². The molecule has 104 valence electrons. The Bertz CT molecular complexity index is 662. The topological polar surface area (TPSA) is 76.0 Å². The normalized spacial score (nSPS) is 10.4. The first-order chi connectivity index (χ1) is 9.56. The number of methoxy groups -OCH3 is 1. The summed E-state index contributed by atoms with van der Waals surface area (Å²) in [5.41, 5.74) is 2.62. The number of pyridine rings is 1. The summed E-state index contributed by atoms with van der Waals surface area (Å²) in [6.07, 6.45) is 0. The number of hydrogen-bond donors (Lipinski definition) is 2. The van der Waals surface area contributed by atoms with Gasteiger partial charge in [-0.1, -0.05) is 29.3 Å². The molecule has 0 atom stereocenters. The number of aromatic nitrogens is 1. The van der Waals surface area contributed by atoms with Crippen molar-refractivity contribution in [2.75, 3.05) is 7.11 Å². The van der Waals surface area contributed by atoms with E-state index in [0.717, 1.165) is 5.48 Å². The Balaban J connectivity index is 2.50. The van der Waals surface area contributed by atoms with E-state index in [1.807, 2.05) is 0 Å². The van der Waals surface area contributed by atoms with Gasteiger partial charge < -0.3 is 4.74 Å². The van der Waals surface area contributed by atoms with Gasteiger partial charge in [0.25, 0.3) is 0 Å². The molecule has 0 saturated heterocycles. The van der Waals surface area contributed by atoms with E-state index in [9.17, 15) is 4.79 Å². The van der Waals surface area contributed by atoms with Gasteiger partial charge >= 0.3 is 5.97 Å². The van der Waals surface area contributed by atoms with Gasteiger partial charge in [0.2, 0.25) is 0 Å². The molecule has 0 unspecified atom stereocenters. The number of benzene rings is 1. The summed E-state index contributed by atoms with van der Waals surface area (Å²) >= 11 is 11.8. The van der Waals surface area contributed by atoms with Gasteiger partial charge in [-0.3, -0.25) is 0 Å². The van der Waals surface area contributed by atoms with Crippen LogP contribution in [0.2, 0.25) is 10.0 Å². The molecule has 1 aromatic carbocycles. The quantitative estimate of drug-likeness (QED) is 0.518. The molecular weight excluding hydrogens is 303 g/mol. The summed E-state index contributed by atoms with van der Waals surface area (Å²) in [6.45, 7) is 0. The van der Waals surface area contributed by atoms with Crippen LogP contribution in [0.25, 0.3) is 11.3 Å². The zero-order valence-corrected chi connectivity index (χ0v) is 11.9. The highest BCUT2D eigenvalue weighted by atomic mass is 35.5. The van der Waals surface area contributed by atoms with E-state index in [0.29, 0.717) is 22.0 Å². The molecule has 0 amide bonds. The molecule has 20 heavy (non-hydrogen) atoms. The Kier molecular flexibility index (Phi) is 4.57. The number of nitrogens with zero attached hydrogens (tertiary/aromatic N) is 1. The van der Waals surface area contributed by atoms with E-state index in [1.54, 1.807) is 30.3 Å². The maximum absolute atomic E-state index is 11.6. The summed E-state index contributed by atoms with van der Waals surface area (Å²) in [4.78, 5) is 15.7. The van der Waals surface area contributed by atoms with Gasteiger partial charge in [-0.2, -0.15) is 5.48 Å². The van der Waals surface area contributed by atoms with E-state index >= 15 is 0 Å². The molecule has 0 saturated carbocycles. The minimum Gasteiger partial charge on any atom is -0.464 e. The van der Waals surface area contributed by atoms with Gasteiger partial charge in [-0.25, -0.2) is 15.0 Å². The molecule has 0 radical (unpaired) electrons. The van der Waals surface area contributed by atoms with Crippen LogP contribution < -0.4 is 5.48 Å². The maximum Gasteiger partial charge on any atom is 0.358 e. The van der Waals surface area contributed by atoms with Crippen molar-refractivity contribution < 1.29 is 20.2 Å². The molecule has 1 heterocycles. The van der Waals surface area contributed by atoms with Crippen molar-refractivity contribution in [1.29, 1.82) is 0 Å². The summed E-state index contributed by atoms with van der Waals surface area (Å²) in [7, 11) is 1.26. The summed E-state index contributed by atoms with van der Waals surface area (Å²) < 4.78 is 4.62. The number of quaternary nitrogens is 1. The second-order valence-electron chi connectivity index (χ2n) is 3.88. The second-order valence-corrected chi connectivity index (χ2v) is 4.70. The first-order valence-corrected chi connectivity index (χ1v) is 6.34. The molecule has 5 nitrogen and oxygen atoms in total. The fourth-order valence-corrected chi connectivity index (χ4v) is 1.99. The highest BCUT2D eigenvalue weighted by Gasteiger charge is 2.15. The zero-order valence-electron chi connectivity index (χ0n) is 10.4. The van der Waals surface area contributed by atoms with Crippen LogP contribution in [-0.4, -0.2) is 23.3 Å². The molecule has 2 aromatic rings. The molecule has 0 fully saturated rings. The summed E-state index contributed by atoms with van der Waals surface area (Å²) in [5.74, 6) is -0.611. The number of hydrogen-bond acceptors (Lipinski definition) is 4. The van der Waals surface area contributed by atoms with Crippen molar-refractivity contribution in [1.82, 2.24) is 4.98 Å². The lowest BCUT2D eigenvalue weighted by molar-refractivity contribution is -0.825. The number of carbonyl (C=O) groups excluding carboxylic acids is 1. The Hall–Kier alpha value is -1.66. The highest BCUT2D eigenvalue weighted by Crippen LogP contribution is 2.27. The zero-order chi connectivity index (χ0) is 14.7. The van der Waals surface area contributed by atoms with Crippen LogP contribution in [0.4, 0.5) is 5.69 Å². The van der Waals surface area contributed by atoms with Crippen molar-refractivity contribution >= 4 is 34.9 Å². The largest absolute Gasteiger partial charge is 0.464 e. The van der Waals surface area contributed by atoms with Gasteiger partial charge in [0.15, 0.2) is 11.4 Å². The summed E-state index contributed by atoms with van der Waals surface area (Å²) in [6, 6.07) is 8.24. The van der Waals surface area contributed by atoms with Gasteiger partial charge in [-0.05, 0) is 18.2 Å². The van der Waals surface area contributed by atoms with Crippen molar-refractivity contribution in [2.45, 2.75) is 0 Å². The van der Waals surface area contributed by atoms with Gasteiger partial charge in [0.05, 0.1) is 17.8 Å². The Morgan fingerprint density at radius 2 is 1.95 bits per heavy atom. The van der Waals surface area contributed by atoms with E-state index in [4.69, 9.17) is 28.4 Å². The van der Waals surface area contributed by atoms with Crippen molar-refractivity contribution in [2.24, 2.45) is 0 Å². The smallest absolute Gasteiger partial charge is 0.358 e. The molecule has 0 aliphatic rings. The number of esters is 1. The number of ether oxygens (including phenoxy) is 1. The second kappa shape index (κ2) is 6.19. The molecule has 1 aromatic heterocycles. The van der Waals surface area contributed by atoms with Crippen LogP contribution in [0.1, 0.15) is 10.5 Å². The third-order valence-electron chi connectivity index (χ3n) is 2.66. The van der Waals surface area contributed by atoms with Crippen LogP contribution in [0.15, 0.2) is 30.3 Å². The minimum absolute atomic E-state index is 0.0381. The van der Waals surface area contributed by atoms with Crippen LogP contribution in [0, 0.1) is 0 Å². The van der Waals surface area contributed by atoms with Crippen LogP contribution in [0.3, 0.4) is 0 Å². The maximum atomic E-state index is 11.6. The lowest BCUT2D eigenvalue weighted by atomic mass is 10.1. The lowest BCUT2D eigenvalue weighted by Crippen LogP contribution is -2.73. The molecular formula is C13H11Cl2N2O3+. The molecule has 0 spiro atoms. The van der Waals surface area contributed by atoms with E-state index in [1.165, 1.54) is 7.11 Å². The monoisotopic (exact) mass is 313 g/mol. The molecule has 2 rings (SSSR count). The molecule has 3 N–H and O–H groups in total. The average Bonchev–Trinajstić information content (AvgIpc) is 2.47. The van der Waals surface area contributed by atoms with E-state index < -0.39 is 5.97 Å². The Labute approximate surface area is 125 Å². The number of rotatable bonds is 3. The average molecular weight is 314 g/mol. The predicted molar refractivity (Wildman–Crippen MR) is 74.4 cm³/mol. The summed E-state index contributed by atoms with van der Waals surface area (Å²) in [5, 5.41) is 9.72. The van der Waals surface area contributed by atoms with Gasteiger partial charge in [-0.15, -0.1) is 0 Å². The Morgan fingerprint density at radius 3 is 2.60 bits per heavy atom. The van der Waals surface area contributed by atoms with E-state index in [-0.39, 0.29) is 10.7 Å². The van der Waals surface area contributed by atoms with Crippen LogP contribution in [-0.2, 0) is 4.74 Å². The molecule has 0 aliphatic heterocycles. The van der Waals surface area contributed by atoms with Crippen molar-refractivity contribution in [3.8, 4) is 11.3 Å². The minimum atomic E-state index is -0.611.